The van der Waals surface area contributed by atoms with E-state index in [0.717, 1.165) is 18.7 Å². The number of methoxy groups -OCH3 is 1. The number of hydrogen-bond acceptors (Lipinski definition) is 2. The minimum absolute atomic E-state index is 0.567. The summed E-state index contributed by atoms with van der Waals surface area (Å²) in [6.45, 7) is 7.75. The summed E-state index contributed by atoms with van der Waals surface area (Å²) < 4.78 is 5.52. The topological polar surface area (TPSA) is 21.3 Å². The molecule has 0 amide bonds. The van der Waals surface area contributed by atoms with Gasteiger partial charge in [-0.15, -0.1) is 0 Å². The van der Waals surface area contributed by atoms with Crippen LogP contribution in [0, 0.1) is 6.92 Å². The van der Waals surface area contributed by atoms with Gasteiger partial charge >= 0.3 is 0 Å². The van der Waals surface area contributed by atoms with Crippen molar-refractivity contribution in [2.75, 3.05) is 13.7 Å². The molecule has 0 aliphatic carbocycles. The van der Waals surface area contributed by atoms with E-state index < -0.39 is 0 Å². The molecule has 0 saturated heterocycles. The molecule has 21 heavy (non-hydrogen) atoms. The predicted octanol–water partition coefficient (Wildman–Crippen LogP) is 4.88. The third-order valence-corrected chi connectivity index (χ3v) is 3.99. The minimum Gasteiger partial charge on any atom is -0.496 e. The smallest absolute Gasteiger partial charge is 0.122 e. The summed E-state index contributed by atoms with van der Waals surface area (Å²) in [5.74, 6) is 1.03. The van der Waals surface area contributed by atoms with E-state index in [4.69, 9.17) is 4.74 Å². The Morgan fingerprint density at radius 3 is 2.57 bits per heavy atom. The molecule has 0 fully saturated rings. The van der Waals surface area contributed by atoms with Crippen LogP contribution in [-0.4, -0.2) is 19.7 Å². The van der Waals surface area contributed by atoms with Crippen molar-refractivity contribution >= 4 is 0 Å². The highest BCUT2D eigenvalue weighted by molar-refractivity contribution is 5.37. The Bertz CT molecular complexity index is 389. The lowest BCUT2D eigenvalue weighted by Gasteiger charge is -2.20. The van der Waals surface area contributed by atoms with Crippen molar-refractivity contribution < 1.29 is 4.74 Å². The fourth-order valence-electron chi connectivity index (χ4n) is 2.77. The second kappa shape index (κ2) is 10.7. The van der Waals surface area contributed by atoms with Gasteiger partial charge in [0.15, 0.2) is 0 Å². The molecule has 1 rings (SSSR count). The van der Waals surface area contributed by atoms with Crippen LogP contribution in [0.25, 0.3) is 0 Å². The van der Waals surface area contributed by atoms with Crippen molar-refractivity contribution in [3.63, 3.8) is 0 Å². The quantitative estimate of drug-likeness (QED) is 0.586. The first-order chi connectivity index (χ1) is 10.2. The average molecular weight is 291 g/mol. The molecule has 1 unspecified atom stereocenters. The maximum Gasteiger partial charge on any atom is 0.122 e. The molecule has 1 N–H and O–H groups in total. The number of aryl methyl sites for hydroxylation is 1. The Labute approximate surface area is 131 Å². The molecule has 0 heterocycles. The average Bonchev–Trinajstić information content (AvgIpc) is 2.49. The molecule has 1 aromatic carbocycles. The first-order valence-corrected chi connectivity index (χ1v) is 8.58. The first-order valence-electron chi connectivity index (χ1n) is 8.58. The molecule has 120 valence electrons. The molecule has 0 saturated carbocycles. The normalized spacial score (nSPS) is 12.4. The summed E-state index contributed by atoms with van der Waals surface area (Å²) in [5.41, 5.74) is 2.65. The third kappa shape index (κ3) is 6.99. The molecule has 0 aliphatic heterocycles. The Morgan fingerprint density at radius 2 is 1.90 bits per heavy atom. The summed E-state index contributed by atoms with van der Waals surface area (Å²) in [6, 6.07) is 7.06. The molecule has 0 radical (unpaired) electrons. The van der Waals surface area contributed by atoms with Gasteiger partial charge in [-0.25, -0.2) is 0 Å². The number of hydrogen-bond donors (Lipinski definition) is 1. The van der Waals surface area contributed by atoms with Crippen molar-refractivity contribution in [1.29, 1.82) is 0 Å². The number of unbranched alkanes of at least 4 members (excludes halogenated alkanes) is 3. The van der Waals surface area contributed by atoms with E-state index in [2.05, 4.69) is 44.3 Å². The molecular formula is C19H33NO. The number of ether oxygens (including phenoxy) is 1. The molecule has 2 heteroatoms. The van der Waals surface area contributed by atoms with E-state index >= 15 is 0 Å². The molecule has 0 spiro atoms. The van der Waals surface area contributed by atoms with Gasteiger partial charge in [0.05, 0.1) is 7.11 Å². The lowest BCUT2D eigenvalue weighted by Crippen LogP contribution is -2.32. The van der Waals surface area contributed by atoms with Crippen molar-refractivity contribution in [3.8, 4) is 5.75 Å². The van der Waals surface area contributed by atoms with E-state index in [1.54, 1.807) is 7.11 Å². The SMILES string of the molecule is CCCCCCC(Cc1cc(C)ccc1OC)NCCC. The van der Waals surface area contributed by atoms with Gasteiger partial charge in [0, 0.05) is 6.04 Å². The van der Waals surface area contributed by atoms with E-state index in [1.165, 1.54) is 49.7 Å². The van der Waals surface area contributed by atoms with Gasteiger partial charge in [-0.1, -0.05) is 57.2 Å². The maximum atomic E-state index is 5.52. The van der Waals surface area contributed by atoms with Crippen LogP contribution in [0.4, 0.5) is 0 Å². The van der Waals surface area contributed by atoms with Crippen molar-refractivity contribution in [1.82, 2.24) is 5.32 Å². The van der Waals surface area contributed by atoms with Crippen LogP contribution in [0.2, 0.25) is 0 Å². The van der Waals surface area contributed by atoms with E-state index in [-0.39, 0.29) is 0 Å². The Hall–Kier alpha value is -1.02. The lowest BCUT2D eigenvalue weighted by atomic mass is 9.98. The Morgan fingerprint density at radius 1 is 1.10 bits per heavy atom. The fraction of sp³-hybridized carbons (Fsp3) is 0.684. The largest absolute Gasteiger partial charge is 0.496 e. The Balaban J connectivity index is 2.63. The van der Waals surface area contributed by atoms with Gasteiger partial charge in [-0.3, -0.25) is 0 Å². The summed E-state index contributed by atoms with van der Waals surface area (Å²) in [6.07, 6.45) is 8.85. The van der Waals surface area contributed by atoms with Crippen LogP contribution >= 0.6 is 0 Å². The highest BCUT2D eigenvalue weighted by Gasteiger charge is 2.12. The minimum atomic E-state index is 0.567. The van der Waals surface area contributed by atoms with Gasteiger partial charge in [0.2, 0.25) is 0 Å². The Kier molecular flexibility index (Phi) is 9.16. The van der Waals surface area contributed by atoms with Crippen molar-refractivity contribution in [2.24, 2.45) is 0 Å². The number of benzene rings is 1. The zero-order chi connectivity index (χ0) is 15.5. The molecule has 1 atom stereocenters. The lowest BCUT2D eigenvalue weighted by molar-refractivity contribution is 0.399. The van der Waals surface area contributed by atoms with Crippen molar-refractivity contribution in [3.05, 3.63) is 29.3 Å². The summed E-state index contributed by atoms with van der Waals surface area (Å²) >= 11 is 0. The second-order valence-corrected chi connectivity index (χ2v) is 6.02. The highest BCUT2D eigenvalue weighted by atomic mass is 16.5. The zero-order valence-corrected chi connectivity index (χ0v) is 14.4. The van der Waals surface area contributed by atoms with Gasteiger partial charge in [0.25, 0.3) is 0 Å². The van der Waals surface area contributed by atoms with E-state index in [0.29, 0.717) is 6.04 Å². The van der Waals surface area contributed by atoms with Crippen LogP contribution in [0.1, 0.15) is 63.5 Å². The molecule has 0 aromatic heterocycles. The molecule has 0 aliphatic rings. The second-order valence-electron chi connectivity index (χ2n) is 6.02. The molecular weight excluding hydrogens is 258 g/mol. The summed E-state index contributed by atoms with van der Waals surface area (Å²) in [5, 5.41) is 3.71. The summed E-state index contributed by atoms with van der Waals surface area (Å²) in [7, 11) is 1.77. The van der Waals surface area contributed by atoms with Gasteiger partial charge in [-0.05, 0) is 44.4 Å². The zero-order valence-electron chi connectivity index (χ0n) is 14.4. The van der Waals surface area contributed by atoms with E-state index in [9.17, 15) is 0 Å². The first kappa shape index (κ1) is 18.0. The summed E-state index contributed by atoms with van der Waals surface area (Å²) in [4.78, 5) is 0. The van der Waals surface area contributed by atoms with Gasteiger partial charge in [-0.2, -0.15) is 0 Å². The van der Waals surface area contributed by atoms with Crippen LogP contribution in [0.3, 0.4) is 0 Å². The van der Waals surface area contributed by atoms with E-state index in [1.807, 2.05) is 0 Å². The molecule has 1 aromatic rings. The monoisotopic (exact) mass is 291 g/mol. The number of rotatable bonds is 11. The van der Waals surface area contributed by atoms with Gasteiger partial charge < -0.3 is 10.1 Å². The van der Waals surface area contributed by atoms with Crippen LogP contribution in [-0.2, 0) is 6.42 Å². The van der Waals surface area contributed by atoms with Crippen LogP contribution < -0.4 is 10.1 Å². The standard InChI is InChI=1S/C19H33NO/c1-5-7-8-9-10-18(20-13-6-2)15-17-14-16(3)11-12-19(17)21-4/h11-12,14,18,20H,5-10,13,15H2,1-4H3. The number of nitrogens with one attached hydrogen (secondary N) is 1. The van der Waals surface area contributed by atoms with Crippen LogP contribution in [0.15, 0.2) is 18.2 Å². The fourth-order valence-corrected chi connectivity index (χ4v) is 2.77. The molecule has 0 bridgehead atoms. The third-order valence-electron chi connectivity index (χ3n) is 3.99. The highest BCUT2D eigenvalue weighted by Crippen LogP contribution is 2.22. The molecule has 2 nitrogen and oxygen atoms in total. The van der Waals surface area contributed by atoms with Gasteiger partial charge in [0.1, 0.15) is 5.75 Å². The maximum absolute atomic E-state index is 5.52. The van der Waals surface area contributed by atoms with Crippen LogP contribution in [0.5, 0.6) is 5.75 Å². The van der Waals surface area contributed by atoms with Crippen molar-refractivity contribution in [2.45, 2.75) is 71.8 Å². The predicted molar refractivity (Wildman–Crippen MR) is 92.3 cm³/mol.